The summed E-state index contributed by atoms with van der Waals surface area (Å²) in [6.45, 7) is 3.59. The van der Waals surface area contributed by atoms with Gasteiger partial charge < -0.3 is 4.74 Å². The number of para-hydroxylation sites is 1. The van der Waals surface area contributed by atoms with Crippen LogP contribution in [0.3, 0.4) is 0 Å². The summed E-state index contributed by atoms with van der Waals surface area (Å²) in [4.78, 5) is 30.7. The van der Waals surface area contributed by atoms with Gasteiger partial charge in [0, 0.05) is 21.2 Å². The fourth-order valence-electron chi connectivity index (χ4n) is 3.43. The van der Waals surface area contributed by atoms with Gasteiger partial charge in [0.15, 0.2) is 5.65 Å². The van der Waals surface area contributed by atoms with Crippen molar-refractivity contribution >= 4 is 40.2 Å². The average Bonchev–Trinajstić information content (AvgIpc) is 3.04. The summed E-state index contributed by atoms with van der Waals surface area (Å²) >= 11 is 12.5. The van der Waals surface area contributed by atoms with Crippen molar-refractivity contribution in [2.24, 2.45) is 0 Å². The number of carbonyl (C=O) groups is 1. The SMILES string of the molecule is CCOC(=O)c1c(C)nc2[nH]n(-c3ccccc3)c(=O)c2c1-c1ccc(Cl)cc1Cl. The zero-order chi connectivity index (χ0) is 21.4. The van der Waals surface area contributed by atoms with Gasteiger partial charge in [-0.1, -0.05) is 47.5 Å². The lowest BCUT2D eigenvalue weighted by molar-refractivity contribution is 0.0526. The highest BCUT2D eigenvalue weighted by atomic mass is 35.5. The van der Waals surface area contributed by atoms with Crippen LogP contribution in [0.1, 0.15) is 23.0 Å². The first-order valence-corrected chi connectivity index (χ1v) is 10.0. The summed E-state index contributed by atoms with van der Waals surface area (Å²) in [5, 5.41) is 4.03. The number of rotatable bonds is 4. The highest BCUT2D eigenvalue weighted by molar-refractivity contribution is 6.37. The Morgan fingerprint density at radius 1 is 1.17 bits per heavy atom. The Labute approximate surface area is 182 Å². The van der Waals surface area contributed by atoms with E-state index < -0.39 is 5.97 Å². The fraction of sp³-hybridized carbons (Fsp3) is 0.136. The van der Waals surface area contributed by atoms with Crippen LogP contribution >= 0.6 is 23.2 Å². The number of H-pyrrole nitrogens is 1. The number of hydrogen-bond donors (Lipinski definition) is 1. The van der Waals surface area contributed by atoms with Gasteiger partial charge in [-0.25, -0.2) is 14.5 Å². The van der Waals surface area contributed by atoms with Crippen LogP contribution in [-0.4, -0.2) is 27.3 Å². The molecule has 4 aromatic rings. The molecular formula is C22H17Cl2N3O3. The van der Waals surface area contributed by atoms with Crippen molar-refractivity contribution in [3.8, 4) is 16.8 Å². The second kappa shape index (κ2) is 7.97. The van der Waals surface area contributed by atoms with Crippen LogP contribution in [0.5, 0.6) is 0 Å². The van der Waals surface area contributed by atoms with Crippen LogP contribution in [0.15, 0.2) is 53.3 Å². The molecule has 1 N–H and O–H groups in total. The Morgan fingerprint density at radius 3 is 2.57 bits per heavy atom. The molecule has 0 amide bonds. The number of aromatic nitrogens is 3. The number of halogens is 2. The number of aryl methyl sites for hydroxylation is 1. The number of benzene rings is 2. The van der Waals surface area contributed by atoms with Gasteiger partial charge in [-0.05, 0) is 38.1 Å². The lowest BCUT2D eigenvalue weighted by Gasteiger charge is -2.13. The molecule has 0 atom stereocenters. The number of hydrogen-bond acceptors (Lipinski definition) is 4. The van der Waals surface area contributed by atoms with Crippen molar-refractivity contribution in [2.75, 3.05) is 6.61 Å². The number of fused-ring (bicyclic) bond motifs is 1. The van der Waals surface area contributed by atoms with E-state index in [0.29, 0.717) is 38.2 Å². The molecule has 0 aliphatic heterocycles. The molecule has 8 heteroatoms. The lowest BCUT2D eigenvalue weighted by Crippen LogP contribution is -2.16. The number of nitrogens with zero attached hydrogens (tertiary/aromatic N) is 2. The Bertz CT molecular complexity index is 1330. The molecule has 0 radical (unpaired) electrons. The number of pyridine rings is 1. The molecule has 0 aliphatic carbocycles. The van der Waals surface area contributed by atoms with Crippen LogP contribution in [0.2, 0.25) is 10.0 Å². The van der Waals surface area contributed by atoms with Gasteiger partial charge in [-0.15, -0.1) is 0 Å². The lowest BCUT2D eigenvalue weighted by atomic mass is 9.96. The van der Waals surface area contributed by atoms with Gasteiger partial charge in [0.25, 0.3) is 5.56 Å². The van der Waals surface area contributed by atoms with Gasteiger partial charge >= 0.3 is 5.97 Å². The molecule has 4 rings (SSSR count). The summed E-state index contributed by atoms with van der Waals surface area (Å²) < 4.78 is 6.64. The molecule has 0 bridgehead atoms. The molecule has 0 unspecified atom stereocenters. The minimum absolute atomic E-state index is 0.186. The Hall–Kier alpha value is -3.09. The first kappa shape index (κ1) is 20.2. The topological polar surface area (TPSA) is 77.0 Å². The molecule has 0 saturated heterocycles. The number of esters is 1. The van der Waals surface area contributed by atoms with Crippen LogP contribution < -0.4 is 5.56 Å². The summed E-state index contributed by atoms with van der Waals surface area (Å²) in [6, 6.07) is 14.0. The van der Waals surface area contributed by atoms with E-state index in [1.165, 1.54) is 4.68 Å². The van der Waals surface area contributed by atoms with Crippen LogP contribution in [0.25, 0.3) is 27.8 Å². The zero-order valence-corrected chi connectivity index (χ0v) is 17.7. The van der Waals surface area contributed by atoms with E-state index in [0.717, 1.165) is 0 Å². The number of carbonyl (C=O) groups excluding carboxylic acids is 1. The number of nitrogens with one attached hydrogen (secondary N) is 1. The predicted molar refractivity (Wildman–Crippen MR) is 118 cm³/mol. The maximum Gasteiger partial charge on any atom is 0.340 e. The van der Waals surface area contributed by atoms with Crippen LogP contribution in [-0.2, 0) is 4.74 Å². The van der Waals surface area contributed by atoms with Crippen LogP contribution in [0.4, 0.5) is 0 Å². The Balaban J connectivity index is 2.14. The first-order chi connectivity index (χ1) is 14.4. The van der Waals surface area contributed by atoms with Crippen molar-refractivity contribution in [2.45, 2.75) is 13.8 Å². The normalized spacial score (nSPS) is 11.1. The van der Waals surface area contributed by atoms with Crippen molar-refractivity contribution in [1.82, 2.24) is 14.8 Å². The van der Waals surface area contributed by atoms with Crippen molar-refractivity contribution < 1.29 is 9.53 Å². The highest BCUT2D eigenvalue weighted by Crippen LogP contribution is 2.37. The van der Waals surface area contributed by atoms with E-state index in [-0.39, 0.29) is 23.1 Å². The van der Waals surface area contributed by atoms with Gasteiger partial charge in [0.05, 0.1) is 28.9 Å². The monoisotopic (exact) mass is 441 g/mol. The maximum atomic E-state index is 13.4. The number of ether oxygens (including phenoxy) is 1. The first-order valence-electron chi connectivity index (χ1n) is 9.25. The molecule has 2 aromatic heterocycles. The minimum atomic E-state index is -0.572. The molecule has 2 heterocycles. The van der Waals surface area contributed by atoms with Gasteiger partial charge in [0.2, 0.25) is 0 Å². The average molecular weight is 442 g/mol. The third-order valence-electron chi connectivity index (χ3n) is 4.71. The zero-order valence-electron chi connectivity index (χ0n) is 16.2. The van der Waals surface area contributed by atoms with Crippen molar-refractivity contribution in [3.05, 3.63) is 80.2 Å². The maximum absolute atomic E-state index is 13.4. The van der Waals surface area contributed by atoms with E-state index in [9.17, 15) is 9.59 Å². The summed E-state index contributed by atoms with van der Waals surface area (Å²) in [5.41, 5.74) is 2.12. The highest BCUT2D eigenvalue weighted by Gasteiger charge is 2.26. The van der Waals surface area contributed by atoms with Crippen LogP contribution in [0, 0.1) is 6.92 Å². The second-order valence-corrected chi connectivity index (χ2v) is 7.45. The molecule has 6 nitrogen and oxygen atoms in total. The summed E-state index contributed by atoms with van der Waals surface area (Å²) in [6.07, 6.45) is 0. The number of aromatic amines is 1. The molecule has 2 aromatic carbocycles. The van der Waals surface area contributed by atoms with Gasteiger partial charge in [-0.2, -0.15) is 0 Å². The molecule has 0 spiro atoms. The second-order valence-electron chi connectivity index (χ2n) is 6.60. The van der Waals surface area contributed by atoms with E-state index in [1.54, 1.807) is 44.2 Å². The Morgan fingerprint density at radius 2 is 1.90 bits per heavy atom. The Kier molecular flexibility index (Phi) is 5.37. The standard InChI is InChI=1S/C22H17Cl2N3O3/c1-3-30-22(29)17-12(2)25-20-19(18(17)15-10-9-13(23)11-16(15)24)21(28)27(26-20)14-7-5-4-6-8-14/h4-11H,3H2,1-2H3,(H,25,26). The van der Waals surface area contributed by atoms with Gasteiger partial charge in [0.1, 0.15) is 0 Å². The molecule has 0 saturated carbocycles. The van der Waals surface area contributed by atoms with E-state index in [4.69, 9.17) is 27.9 Å². The predicted octanol–water partition coefficient (Wildman–Crippen LogP) is 5.17. The molecule has 0 aliphatic rings. The molecule has 30 heavy (non-hydrogen) atoms. The molecule has 0 fully saturated rings. The summed E-state index contributed by atoms with van der Waals surface area (Å²) in [5.74, 6) is -0.572. The van der Waals surface area contributed by atoms with E-state index in [2.05, 4.69) is 10.1 Å². The van der Waals surface area contributed by atoms with Crippen molar-refractivity contribution in [3.63, 3.8) is 0 Å². The van der Waals surface area contributed by atoms with E-state index >= 15 is 0 Å². The molecule has 152 valence electrons. The largest absolute Gasteiger partial charge is 0.462 e. The van der Waals surface area contributed by atoms with Gasteiger partial charge in [-0.3, -0.25) is 9.89 Å². The third-order valence-corrected chi connectivity index (χ3v) is 5.26. The quantitative estimate of drug-likeness (QED) is 0.443. The minimum Gasteiger partial charge on any atom is -0.462 e. The summed E-state index contributed by atoms with van der Waals surface area (Å²) in [7, 11) is 0. The smallest absolute Gasteiger partial charge is 0.340 e. The van der Waals surface area contributed by atoms with Crippen molar-refractivity contribution in [1.29, 1.82) is 0 Å². The van der Waals surface area contributed by atoms with E-state index in [1.807, 2.05) is 18.2 Å². The fourth-order valence-corrected chi connectivity index (χ4v) is 3.94. The molecular weight excluding hydrogens is 425 g/mol. The third kappa shape index (κ3) is 3.38.